The van der Waals surface area contributed by atoms with Gasteiger partial charge in [-0.3, -0.25) is 0 Å². The second-order valence-electron chi connectivity index (χ2n) is 3.06. The van der Waals surface area contributed by atoms with E-state index in [0.29, 0.717) is 5.57 Å². The minimum atomic E-state index is -4.23. The number of hydrogen-bond acceptors (Lipinski definition) is 1. The zero-order valence-electron chi connectivity index (χ0n) is 7.48. The molecule has 0 bridgehead atoms. The van der Waals surface area contributed by atoms with Gasteiger partial charge in [-0.25, -0.2) is 0 Å². The fourth-order valence-electron chi connectivity index (χ4n) is 1.30. The van der Waals surface area contributed by atoms with Gasteiger partial charge in [-0.2, -0.15) is 13.2 Å². The lowest BCUT2D eigenvalue weighted by atomic mass is 9.98. The van der Waals surface area contributed by atoms with Crippen LogP contribution in [0.4, 0.5) is 13.2 Å². The van der Waals surface area contributed by atoms with Crippen LogP contribution in [0.1, 0.15) is 13.3 Å². The molecule has 4 heteroatoms. The largest absolute Gasteiger partial charge is 0.412 e. The van der Waals surface area contributed by atoms with Gasteiger partial charge in [0.2, 0.25) is 0 Å². The van der Waals surface area contributed by atoms with E-state index in [-0.39, 0.29) is 6.42 Å². The van der Waals surface area contributed by atoms with Crippen molar-refractivity contribution in [3.8, 4) is 0 Å². The molecular weight excluding hydrogens is 181 g/mol. The second-order valence-corrected chi connectivity index (χ2v) is 3.06. The topological polar surface area (TPSA) is 9.23 Å². The number of halogens is 3. The molecule has 0 heterocycles. The Kier molecular flexibility index (Phi) is 2.81. The monoisotopic (exact) mass is 192 g/mol. The first kappa shape index (κ1) is 10.3. The minimum Gasteiger partial charge on any atom is -0.377 e. The van der Waals surface area contributed by atoms with Crippen LogP contribution in [0.15, 0.2) is 23.3 Å². The van der Waals surface area contributed by atoms with Gasteiger partial charge in [0.15, 0.2) is 0 Å². The Bertz CT molecular complexity index is 250. The molecule has 1 nitrogen and oxygen atoms in total. The van der Waals surface area contributed by atoms with Crippen LogP contribution in [0.25, 0.3) is 0 Å². The highest BCUT2D eigenvalue weighted by molar-refractivity contribution is 5.31. The third kappa shape index (κ3) is 2.59. The van der Waals surface area contributed by atoms with E-state index in [9.17, 15) is 13.2 Å². The Morgan fingerprint density at radius 3 is 2.54 bits per heavy atom. The lowest BCUT2D eigenvalue weighted by Crippen LogP contribution is -2.21. The molecule has 74 valence electrons. The number of rotatable bonds is 1. The van der Waals surface area contributed by atoms with Crippen LogP contribution in [0.3, 0.4) is 0 Å². The van der Waals surface area contributed by atoms with E-state index in [1.807, 2.05) is 0 Å². The molecule has 0 saturated carbocycles. The van der Waals surface area contributed by atoms with Gasteiger partial charge >= 0.3 is 6.18 Å². The van der Waals surface area contributed by atoms with Crippen molar-refractivity contribution in [1.82, 2.24) is 0 Å². The summed E-state index contributed by atoms with van der Waals surface area (Å²) >= 11 is 0. The Labute approximate surface area is 74.9 Å². The summed E-state index contributed by atoms with van der Waals surface area (Å²) in [7, 11) is 1.41. The highest BCUT2D eigenvalue weighted by Crippen LogP contribution is 2.33. The predicted molar refractivity (Wildman–Crippen MR) is 43.3 cm³/mol. The van der Waals surface area contributed by atoms with Crippen LogP contribution < -0.4 is 0 Å². The van der Waals surface area contributed by atoms with Gasteiger partial charge in [0.1, 0.15) is 0 Å². The van der Waals surface area contributed by atoms with Crippen molar-refractivity contribution in [1.29, 1.82) is 0 Å². The summed E-state index contributed by atoms with van der Waals surface area (Å²) < 4.78 is 41.7. The Morgan fingerprint density at radius 2 is 2.08 bits per heavy atom. The molecule has 1 aliphatic rings. The normalized spacial score (nSPS) is 23.9. The first-order valence-electron chi connectivity index (χ1n) is 3.92. The van der Waals surface area contributed by atoms with Crippen LogP contribution in [-0.4, -0.2) is 19.4 Å². The molecule has 0 radical (unpaired) electrons. The molecule has 0 spiro atoms. The highest BCUT2D eigenvalue weighted by atomic mass is 19.4. The van der Waals surface area contributed by atoms with Crippen LogP contribution in [0, 0.1) is 0 Å². The molecule has 0 aromatic heterocycles. The minimum absolute atomic E-state index is 0.0860. The average Bonchev–Trinajstić information content (AvgIpc) is 2.01. The maximum Gasteiger partial charge on any atom is 0.412 e. The van der Waals surface area contributed by atoms with E-state index in [4.69, 9.17) is 4.74 Å². The number of hydrogen-bond donors (Lipinski definition) is 0. The lowest BCUT2D eigenvalue weighted by molar-refractivity contribution is -0.0972. The van der Waals surface area contributed by atoms with E-state index >= 15 is 0 Å². The van der Waals surface area contributed by atoms with Gasteiger partial charge in [-0.05, 0) is 6.92 Å². The van der Waals surface area contributed by atoms with Gasteiger partial charge in [0.05, 0.1) is 6.10 Å². The van der Waals surface area contributed by atoms with Gasteiger partial charge in [0.25, 0.3) is 0 Å². The number of methoxy groups -OCH3 is 1. The predicted octanol–water partition coefficient (Wildman–Crippen LogP) is 2.84. The first-order chi connectivity index (χ1) is 5.93. The quantitative estimate of drug-likeness (QED) is 0.620. The summed E-state index contributed by atoms with van der Waals surface area (Å²) in [5, 5.41) is 0. The highest BCUT2D eigenvalue weighted by Gasteiger charge is 2.35. The Balaban J connectivity index is 2.85. The van der Waals surface area contributed by atoms with E-state index < -0.39 is 17.9 Å². The second kappa shape index (κ2) is 3.54. The van der Waals surface area contributed by atoms with Crippen LogP contribution in [0.5, 0.6) is 0 Å². The van der Waals surface area contributed by atoms with Crippen LogP contribution in [0.2, 0.25) is 0 Å². The molecule has 0 N–H and O–H groups in total. The van der Waals surface area contributed by atoms with Crippen molar-refractivity contribution in [2.24, 2.45) is 0 Å². The van der Waals surface area contributed by atoms with E-state index in [1.165, 1.54) is 7.11 Å². The molecule has 1 unspecified atom stereocenters. The summed E-state index contributed by atoms with van der Waals surface area (Å²) in [6.45, 7) is 1.64. The van der Waals surface area contributed by atoms with Gasteiger partial charge in [-0.15, -0.1) is 0 Å². The summed E-state index contributed by atoms with van der Waals surface area (Å²) in [4.78, 5) is 0. The van der Waals surface area contributed by atoms with Crippen molar-refractivity contribution in [2.75, 3.05) is 7.11 Å². The maximum atomic E-state index is 12.3. The van der Waals surface area contributed by atoms with Crippen molar-refractivity contribution < 1.29 is 17.9 Å². The maximum absolute atomic E-state index is 12.3. The summed E-state index contributed by atoms with van der Waals surface area (Å²) in [6, 6.07) is 0. The smallest absolute Gasteiger partial charge is 0.377 e. The zero-order valence-corrected chi connectivity index (χ0v) is 7.48. The number of alkyl halides is 3. The average molecular weight is 192 g/mol. The third-order valence-corrected chi connectivity index (χ3v) is 1.94. The molecule has 0 aliphatic heterocycles. The lowest BCUT2D eigenvalue weighted by Gasteiger charge is -2.21. The Morgan fingerprint density at radius 1 is 1.46 bits per heavy atom. The standard InChI is InChI=1S/C9H11F3O/c1-6-3-7(9(10,11)12)5-8(4-6)13-2/h3-4,8H,5H2,1-2H3. The number of allylic oxidation sites excluding steroid dienone is 2. The molecular formula is C9H11F3O. The van der Waals surface area contributed by atoms with E-state index in [2.05, 4.69) is 0 Å². The Hall–Kier alpha value is -0.770. The van der Waals surface area contributed by atoms with Crippen molar-refractivity contribution >= 4 is 0 Å². The fraction of sp³-hybridized carbons (Fsp3) is 0.556. The van der Waals surface area contributed by atoms with Crippen LogP contribution in [-0.2, 0) is 4.74 Å². The summed E-state index contributed by atoms with van der Waals surface area (Å²) in [5.41, 5.74) is 0.0878. The van der Waals surface area contributed by atoms with Crippen molar-refractivity contribution in [2.45, 2.75) is 25.6 Å². The summed E-state index contributed by atoms with van der Waals surface area (Å²) in [5.74, 6) is 0. The van der Waals surface area contributed by atoms with Crippen LogP contribution >= 0.6 is 0 Å². The molecule has 0 aromatic rings. The van der Waals surface area contributed by atoms with E-state index in [0.717, 1.165) is 6.08 Å². The molecule has 13 heavy (non-hydrogen) atoms. The fourth-order valence-corrected chi connectivity index (χ4v) is 1.30. The van der Waals surface area contributed by atoms with E-state index in [1.54, 1.807) is 13.0 Å². The van der Waals surface area contributed by atoms with Gasteiger partial charge < -0.3 is 4.74 Å². The SMILES string of the molecule is COC1C=C(C)C=C(C(F)(F)F)C1. The van der Waals surface area contributed by atoms with Gasteiger partial charge in [-0.1, -0.05) is 17.7 Å². The number of ether oxygens (including phenoxy) is 1. The molecule has 1 atom stereocenters. The van der Waals surface area contributed by atoms with Gasteiger partial charge in [0, 0.05) is 19.1 Å². The third-order valence-electron chi connectivity index (χ3n) is 1.94. The first-order valence-corrected chi connectivity index (χ1v) is 3.92. The molecule has 0 aromatic carbocycles. The van der Waals surface area contributed by atoms with Crippen molar-refractivity contribution in [3.63, 3.8) is 0 Å². The molecule has 1 rings (SSSR count). The van der Waals surface area contributed by atoms with Crippen molar-refractivity contribution in [3.05, 3.63) is 23.3 Å². The summed E-state index contributed by atoms with van der Waals surface area (Å²) in [6.07, 6.45) is -1.91. The molecule has 0 amide bonds. The molecule has 0 saturated heterocycles. The molecule has 1 aliphatic carbocycles. The zero-order chi connectivity index (χ0) is 10.1. The molecule has 0 fully saturated rings.